The van der Waals surface area contributed by atoms with Crippen molar-refractivity contribution in [2.75, 3.05) is 6.61 Å². The van der Waals surface area contributed by atoms with E-state index in [0.717, 1.165) is 25.3 Å². The number of nitrogens with zero attached hydrogens (tertiary/aromatic N) is 1. The number of hydrogen-bond acceptors (Lipinski definition) is 5. The van der Waals surface area contributed by atoms with Gasteiger partial charge >= 0.3 is 0 Å². The Labute approximate surface area is 153 Å². The van der Waals surface area contributed by atoms with Gasteiger partial charge in [-0.15, -0.1) is 0 Å². The zero-order valence-electron chi connectivity index (χ0n) is 13.8. The van der Waals surface area contributed by atoms with Crippen LogP contribution in [0.5, 0.6) is 5.75 Å². The average molecular weight is 379 g/mol. The number of nitrogens with one attached hydrogen (secondary N) is 1. The van der Waals surface area contributed by atoms with Crippen LogP contribution in [-0.2, 0) is 4.79 Å². The van der Waals surface area contributed by atoms with E-state index >= 15 is 0 Å². The normalized spacial score (nSPS) is 25.8. The van der Waals surface area contributed by atoms with Crippen LogP contribution in [0.2, 0.25) is 5.02 Å². The largest absolute Gasteiger partial charge is 0.486 e. The highest BCUT2D eigenvalue weighted by Gasteiger charge is 2.68. The number of halogens is 2. The minimum atomic E-state index is -0.583. The maximum atomic E-state index is 13.4. The molecule has 0 atom stereocenters. The number of carbonyl (C=O) groups excluding carboxylic acids is 2. The van der Waals surface area contributed by atoms with Gasteiger partial charge < -0.3 is 14.6 Å². The Kier molecular flexibility index (Phi) is 3.99. The molecule has 6 nitrogen and oxygen atoms in total. The van der Waals surface area contributed by atoms with Crippen LogP contribution in [0.3, 0.4) is 0 Å². The summed E-state index contributed by atoms with van der Waals surface area (Å²) in [5.41, 5.74) is -0.287. The molecule has 2 aromatic rings. The van der Waals surface area contributed by atoms with Gasteiger partial charge in [0, 0.05) is 24.1 Å². The van der Waals surface area contributed by atoms with Crippen LogP contribution >= 0.6 is 11.6 Å². The minimum Gasteiger partial charge on any atom is -0.486 e. The fourth-order valence-electron chi connectivity index (χ4n) is 4.15. The number of ketones is 1. The standard InChI is InChI=1S/C18H16ClFN2O4/c19-13-2-1-12(5-14(13)20)25-7-11(23)6-17-8-18(9-17,10-17)22-16(24)15-3-4-21-26-15/h1-5H,6-10H2,(H,22,24). The lowest BCUT2D eigenvalue weighted by Crippen LogP contribution is -2.75. The van der Waals surface area contributed by atoms with Crippen molar-refractivity contribution in [3.8, 4) is 5.75 Å². The number of rotatable bonds is 7. The lowest BCUT2D eigenvalue weighted by molar-refractivity contribution is -0.162. The van der Waals surface area contributed by atoms with Crippen molar-refractivity contribution >= 4 is 23.3 Å². The molecule has 2 bridgehead atoms. The maximum Gasteiger partial charge on any atom is 0.290 e. The molecule has 0 radical (unpaired) electrons. The van der Waals surface area contributed by atoms with Crippen molar-refractivity contribution in [2.45, 2.75) is 31.2 Å². The second-order valence-corrected chi connectivity index (χ2v) is 7.63. The molecule has 3 aliphatic rings. The lowest BCUT2D eigenvalue weighted by atomic mass is 9.38. The van der Waals surface area contributed by atoms with Crippen LogP contribution in [-0.4, -0.2) is 29.0 Å². The predicted molar refractivity (Wildman–Crippen MR) is 89.5 cm³/mol. The molecule has 1 amide bonds. The third kappa shape index (κ3) is 3.07. The molecule has 1 aromatic carbocycles. The Morgan fingerprint density at radius 1 is 1.31 bits per heavy atom. The van der Waals surface area contributed by atoms with Gasteiger partial charge in [-0.3, -0.25) is 9.59 Å². The number of Topliss-reactive ketones (excluding diaryl/α,β-unsaturated/α-hetero) is 1. The first-order valence-electron chi connectivity index (χ1n) is 8.22. The highest BCUT2D eigenvalue weighted by Crippen LogP contribution is 2.69. The summed E-state index contributed by atoms with van der Waals surface area (Å²) in [6, 6.07) is 5.58. The summed E-state index contributed by atoms with van der Waals surface area (Å²) in [6.45, 7) is -0.111. The molecule has 0 unspecified atom stereocenters. The smallest absolute Gasteiger partial charge is 0.290 e. The zero-order chi connectivity index (χ0) is 18.4. The van der Waals surface area contributed by atoms with Gasteiger partial charge in [0.05, 0.1) is 11.2 Å². The Morgan fingerprint density at radius 3 is 2.73 bits per heavy atom. The van der Waals surface area contributed by atoms with E-state index < -0.39 is 5.82 Å². The fourth-order valence-corrected chi connectivity index (χ4v) is 4.27. The van der Waals surface area contributed by atoms with Crippen molar-refractivity contribution in [3.05, 3.63) is 47.1 Å². The van der Waals surface area contributed by atoms with Crippen LogP contribution in [0.1, 0.15) is 36.2 Å². The number of hydrogen-bond donors (Lipinski definition) is 1. The number of benzene rings is 1. The Hall–Kier alpha value is -2.41. The Balaban J connectivity index is 1.23. The Morgan fingerprint density at radius 2 is 2.08 bits per heavy atom. The van der Waals surface area contributed by atoms with Crippen LogP contribution in [0.25, 0.3) is 0 Å². The van der Waals surface area contributed by atoms with E-state index in [0.29, 0.717) is 6.42 Å². The second-order valence-electron chi connectivity index (χ2n) is 7.22. The van der Waals surface area contributed by atoms with E-state index in [2.05, 4.69) is 10.5 Å². The van der Waals surface area contributed by atoms with Gasteiger partial charge in [-0.2, -0.15) is 0 Å². The first-order chi connectivity index (χ1) is 12.4. The molecule has 8 heteroatoms. The van der Waals surface area contributed by atoms with Crippen molar-refractivity contribution in [1.82, 2.24) is 10.5 Å². The molecular formula is C18H16ClFN2O4. The molecule has 1 heterocycles. The summed E-state index contributed by atoms with van der Waals surface area (Å²) in [7, 11) is 0. The molecule has 5 rings (SSSR count). The van der Waals surface area contributed by atoms with E-state index in [1.807, 2.05) is 0 Å². The number of carbonyl (C=O) groups is 2. The first kappa shape index (κ1) is 17.0. The van der Waals surface area contributed by atoms with E-state index in [1.165, 1.54) is 24.4 Å². The van der Waals surface area contributed by atoms with E-state index in [-0.39, 0.29) is 45.8 Å². The van der Waals surface area contributed by atoms with Crippen LogP contribution in [0.4, 0.5) is 4.39 Å². The summed E-state index contributed by atoms with van der Waals surface area (Å²) >= 11 is 5.61. The summed E-state index contributed by atoms with van der Waals surface area (Å²) < 4.78 is 23.5. The topological polar surface area (TPSA) is 81.4 Å². The second kappa shape index (κ2) is 6.09. The summed E-state index contributed by atoms with van der Waals surface area (Å²) in [5, 5.41) is 6.48. The van der Waals surface area contributed by atoms with Gasteiger partial charge in [0.1, 0.15) is 18.2 Å². The van der Waals surface area contributed by atoms with Crippen LogP contribution in [0, 0.1) is 11.2 Å². The number of amides is 1. The molecule has 26 heavy (non-hydrogen) atoms. The van der Waals surface area contributed by atoms with E-state index in [9.17, 15) is 14.0 Å². The van der Waals surface area contributed by atoms with Gasteiger partial charge in [0.2, 0.25) is 5.76 Å². The van der Waals surface area contributed by atoms with Crippen molar-refractivity contribution in [1.29, 1.82) is 0 Å². The fraction of sp³-hybridized carbons (Fsp3) is 0.389. The van der Waals surface area contributed by atoms with Gasteiger partial charge in [-0.05, 0) is 36.8 Å². The quantitative estimate of drug-likeness (QED) is 0.800. The number of aromatic nitrogens is 1. The monoisotopic (exact) mass is 378 g/mol. The van der Waals surface area contributed by atoms with Gasteiger partial charge in [0.25, 0.3) is 5.91 Å². The maximum absolute atomic E-state index is 13.4. The lowest BCUT2D eigenvalue weighted by Gasteiger charge is -2.70. The number of ether oxygens (including phenoxy) is 1. The highest BCUT2D eigenvalue weighted by atomic mass is 35.5. The van der Waals surface area contributed by atoms with Crippen LogP contribution in [0.15, 0.2) is 35.0 Å². The summed E-state index contributed by atoms with van der Waals surface area (Å²) in [5.74, 6) is -0.456. The first-order valence-corrected chi connectivity index (χ1v) is 8.59. The summed E-state index contributed by atoms with van der Waals surface area (Å²) in [6.07, 6.45) is 4.11. The highest BCUT2D eigenvalue weighted by molar-refractivity contribution is 6.30. The van der Waals surface area contributed by atoms with Crippen molar-refractivity contribution < 1.29 is 23.2 Å². The molecule has 3 aliphatic carbocycles. The predicted octanol–water partition coefficient (Wildman–Crippen LogP) is 3.16. The van der Waals surface area contributed by atoms with Gasteiger partial charge in [-0.25, -0.2) is 4.39 Å². The molecular weight excluding hydrogens is 363 g/mol. The van der Waals surface area contributed by atoms with Crippen molar-refractivity contribution in [3.63, 3.8) is 0 Å². The molecule has 0 saturated heterocycles. The molecule has 3 fully saturated rings. The van der Waals surface area contributed by atoms with Gasteiger partial charge in [-0.1, -0.05) is 16.8 Å². The Bertz CT molecular complexity index is 848. The zero-order valence-corrected chi connectivity index (χ0v) is 14.5. The SMILES string of the molecule is O=C(COc1ccc(Cl)c(F)c1)CC12CC(NC(=O)c3ccno3)(C1)C2. The minimum absolute atomic E-state index is 0.00946. The average Bonchev–Trinajstić information content (AvgIpc) is 3.07. The molecule has 1 N–H and O–H groups in total. The van der Waals surface area contributed by atoms with Crippen LogP contribution < -0.4 is 10.1 Å². The van der Waals surface area contributed by atoms with E-state index in [4.69, 9.17) is 20.9 Å². The molecule has 136 valence electrons. The molecule has 0 aliphatic heterocycles. The molecule has 0 spiro atoms. The van der Waals surface area contributed by atoms with Crippen molar-refractivity contribution in [2.24, 2.45) is 5.41 Å². The third-order valence-corrected chi connectivity index (χ3v) is 5.35. The molecule has 3 saturated carbocycles. The molecule has 1 aromatic heterocycles. The summed E-state index contributed by atoms with van der Waals surface area (Å²) in [4.78, 5) is 24.2. The van der Waals surface area contributed by atoms with E-state index in [1.54, 1.807) is 0 Å². The third-order valence-electron chi connectivity index (χ3n) is 5.04. The van der Waals surface area contributed by atoms with Gasteiger partial charge in [0.15, 0.2) is 5.78 Å².